The maximum absolute atomic E-state index is 12.9. The predicted octanol–water partition coefficient (Wildman–Crippen LogP) is 6.70. The average Bonchev–Trinajstić information content (AvgIpc) is 3.07. The molecule has 236 valence electrons. The van der Waals surface area contributed by atoms with E-state index in [-0.39, 0.29) is 12.4 Å². The molecule has 0 saturated carbocycles. The van der Waals surface area contributed by atoms with Gasteiger partial charge in [0, 0.05) is 38.2 Å². The standard InChI is InChI=1S/C33H34O8.C3H4O/c1-5-29(25-10-14-27(15-11-25)37-20-7-19-36-4)40-31-23-24(3)9-18-30(31)41-33(35)26-12-16-28(17-13-26)38-21-8-22-39-32(34)6-2;1-2-3-4/h6,9-18,23H,1-2,7-8,19-22H2,3-4H3;2-3H,1H2. The number of rotatable bonds is 17. The van der Waals surface area contributed by atoms with Crippen molar-refractivity contribution in [3.63, 3.8) is 0 Å². The molecule has 0 aliphatic rings. The minimum absolute atomic E-state index is 0.230. The van der Waals surface area contributed by atoms with Gasteiger partial charge in [-0.15, -0.1) is 0 Å². The number of allylic oxidation sites excluding steroid dienone is 1. The Morgan fingerprint density at radius 1 is 0.778 bits per heavy atom. The van der Waals surface area contributed by atoms with E-state index in [1.54, 1.807) is 43.5 Å². The highest BCUT2D eigenvalue weighted by atomic mass is 16.6. The van der Waals surface area contributed by atoms with Crippen molar-refractivity contribution in [3.05, 3.63) is 121 Å². The smallest absolute Gasteiger partial charge is 0.343 e. The average molecular weight is 615 g/mol. The molecule has 0 unspecified atom stereocenters. The fourth-order valence-corrected chi connectivity index (χ4v) is 3.51. The van der Waals surface area contributed by atoms with Crippen LogP contribution in [0.5, 0.6) is 23.0 Å². The van der Waals surface area contributed by atoms with E-state index in [0.29, 0.717) is 55.3 Å². The number of aldehydes is 1. The fourth-order valence-electron chi connectivity index (χ4n) is 3.51. The van der Waals surface area contributed by atoms with Crippen molar-refractivity contribution in [2.75, 3.05) is 33.5 Å². The number of benzene rings is 3. The van der Waals surface area contributed by atoms with Crippen LogP contribution in [0, 0.1) is 6.92 Å². The van der Waals surface area contributed by atoms with Gasteiger partial charge in [0.25, 0.3) is 0 Å². The number of carbonyl (C=O) groups is 3. The number of hydrogen-bond donors (Lipinski definition) is 0. The Hall–Kier alpha value is -5.37. The van der Waals surface area contributed by atoms with E-state index in [1.165, 1.54) is 6.08 Å². The molecule has 0 aromatic heterocycles. The zero-order valence-corrected chi connectivity index (χ0v) is 25.6. The van der Waals surface area contributed by atoms with E-state index in [4.69, 9.17) is 33.2 Å². The monoisotopic (exact) mass is 614 g/mol. The molecule has 9 nitrogen and oxygen atoms in total. The largest absolute Gasteiger partial charge is 0.494 e. The van der Waals surface area contributed by atoms with Gasteiger partial charge in [-0.05, 0) is 79.2 Å². The Balaban J connectivity index is 0.00000166. The highest BCUT2D eigenvalue weighted by molar-refractivity contribution is 5.91. The van der Waals surface area contributed by atoms with E-state index >= 15 is 0 Å². The first-order valence-electron chi connectivity index (χ1n) is 14.1. The molecule has 9 heteroatoms. The summed E-state index contributed by atoms with van der Waals surface area (Å²) in [5.41, 5.74) is 4.81. The summed E-state index contributed by atoms with van der Waals surface area (Å²) in [5.74, 6) is 1.25. The first-order valence-corrected chi connectivity index (χ1v) is 14.1. The molecule has 0 atom stereocenters. The number of carbonyl (C=O) groups excluding carboxylic acids is 3. The highest BCUT2D eigenvalue weighted by Gasteiger charge is 2.15. The van der Waals surface area contributed by atoms with Crippen molar-refractivity contribution in [1.82, 2.24) is 0 Å². The molecule has 0 amide bonds. The summed E-state index contributed by atoms with van der Waals surface area (Å²) >= 11 is 0. The molecule has 3 rings (SSSR count). The van der Waals surface area contributed by atoms with Crippen molar-refractivity contribution < 1.29 is 42.8 Å². The first kappa shape index (κ1) is 35.8. The van der Waals surface area contributed by atoms with Crippen LogP contribution in [0.3, 0.4) is 0 Å². The van der Waals surface area contributed by atoms with E-state index in [1.807, 2.05) is 37.3 Å². The number of hydrogen-bond acceptors (Lipinski definition) is 9. The number of esters is 2. The van der Waals surface area contributed by atoms with Crippen LogP contribution < -0.4 is 18.9 Å². The molecule has 0 aliphatic carbocycles. The van der Waals surface area contributed by atoms with Gasteiger partial charge in [-0.2, -0.15) is 0 Å². The van der Waals surface area contributed by atoms with Gasteiger partial charge < -0.3 is 28.4 Å². The van der Waals surface area contributed by atoms with E-state index < -0.39 is 11.9 Å². The highest BCUT2D eigenvalue weighted by Crippen LogP contribution is 2.33. The molecule has 0 heterocycles. The van der Waals surface area contributed by atoms with Gasteiger partial charge in [-0.1, -0.05) is 31.5 Å². The van der Waals surface area contributed by atoms with Crippen molar-refractivity contribution in [2.24, 2.45) is 0 Å². The lowest BCUT2D eigenvalue weighted by Crippen LogP contribution is -2.10. The second kappa shape index (κ2) is 20.5. The van der Waals surface area contributed by atoms with Gasteiger partial charge >= 0.3 is 11.9 Å². The summed E-state index contributed by atoms with van der Waals surface area (Å²) in [6, 6.07) is 19.2. The molecule has 0 bridgehead atoms. The van der Waals surface area contributed by atoms with Crippen LogP contribution in [0.1, 0.15) is 34.3 Å². The molecule has 0 saturated heterocycles. The quantitative estimate of drug-likeness (QED) is 0.0312. The van der Waals surface area contributed by atoms with Crippen molar-refractivity contribution in [1.29, 1.82) is 0 Å². The van der Waals surface area contributed by atoms with E-state index in [0.717, 1.165) is 29.4 Å². The third kappa shape index (κ3) is 13.2. The lowest BCUT2D eigenvalue weighted by molar-refractivity contribution is -0.137. The molecule has 3 aromatic carbocycles. The summed E-state index contributed by atoms with van der Waals surface area (Å²) in [4.78, 5) is 33.0. The van der Waals surface area contributed by atoms with Gasteiger partial charge in [0.1, 0.15) is 17.8 Å². The molecule has 0 radical (unpaired) electrons. The number of aryl methyl sites for hydroxylation is 1. The molecule has 45 heavy (non-hydrogen) atoms. The van der Waals surface area contributed by atoms with Crippen LogP contribution in [0.2, 0.25) is 0 Å². The van der Waals surface area contributed by atoms with Gasteiger partial charge in [-0.3, -0.25) is 4.79 Å². The summed E-state index contributed by atoms with van der Waals surface area (Å²) in [6.07, 6.45) is 4.26. The topological polar surface area (TPSA) is 107 Å². The van der Waals surface area contributed by atoms with Crippen molar-refractivity contribution >= 4 is 24.0 Å². The SMILES string of the molecule is C=C=C(Oc1cc(C)ccc1OC(=O)c1ccc(OCCCOC(=O)C=C)cc1)c1ccc(OCCCOC)cc1.C=CC=O. The Kier molecular flexibility index (Phi) is 16.3. The molecule has 0 N–H and O–H groups in total. The molecule has 0 aliphatic heterocycles. The third-order valence-corrected chi connectivity index (χ3v) is 5.71. The molecule has 0 spiro atoms. The molecule has 0 fully saturated rings. The predicted molar refractivity (Wildman–Crippen MR) is 172 cm³/mol. The van der Waals surface area contributed by atoms with Crippen LogP contribution in [-0.4, -0.2) is 51.8 Å². The summed E-state index contributed by atoms with van der Waals surface area (Å²) in [7, 11) is 1.66. The Bertz CT molecular complexity index is 1440. The van der Waals surface area contributed by atoms with Crippen molar-refractivity contribution in [2.45, 2.75) is 19.8 Å². The molecular formula is C36H38O9. The lowest BCUT2D eigenvalue weighted by atomic mass is 10.1. The van der Waals surface area contributed by atoms with Gasteiger partial charge in [0.2, 0.25) is 0 Å². The zero-order valence-electron chi connectivity index (χ0n) is 25.6. The lowest BCUT2D eigenvalue weighted by Gasteiger charge is -2.14. The summed E-state index contributed by atoms with van der Waals surface area (Å²) < 4.78 is 33.1. The van der Waals surface area contributed by atoms with E-state index in [9.17, 15) is 9.59 Å². The molecular weight excluding hydrogens is 576 g/mol. The van der Waals surface area contributed by atoms with Crippen LogP contribution in [-0.2, 0) is 19.1 Å². The normalized spacial score (nSPS) is 9.73. The second-order valence-corrected chi connectivity index (χ2v) is 9.14. The molecule has 3 aromatic rings. The van der Waals surface area contributed by atoms with Crippen LogP contribution in [0.25, 0.3) is 5.76 Å². The maximum Gasteiger partial charge on any atom is 0.343 e. The van der Waals surface area contributed by atoms with Crippen LogP contribution in [0.15, 0.2) is 104 Å². The summed E-state index contributed by atoms with van der Waals surface area (Å²) in [6.45, 7) is 13.9. The number of ether oxygens (including phenoxy) is 6. The zero-order chi connectivity index (χ0) is 32.9. The third-order valence-electron chi connectivity index (χ3n) is 5.71. The fraction of sp³-hybridized carbons (Fsp3) is 0.222. The Morgan fingerprint density at radius 3 is 1.89 bits per heavy atom. The first-order chi connectivity index (χ1) is 21.8. The maximum atomic E-state index is 12.9. The second-order valence-electron chi connectivity index (χ2n) is 9.14. The Labute approximate surface area is 264 Å². The minimum Gasteiger partial charge on any atom is -0.494 e. The van der Waals surface area contributed by atoms with Crippen LogP contribution in [0.4, 0.5) is 0 Å². The van der Waals surface area contributed by atoms with Crippen LogP contribution >= 0.6 is 0 Å². The minimum atomic E-state index is -0.555. The van der Waals surface area contributed by atoms with Gasteiger partial charge in [0.05, 0.1) is 25.4 Å². The van der Waals surface area contributed by atoms with Gasteiger partial charge in [0.15, 0.2) is 17.3 Å². The van der Waals surface area contributed by atoms with Gasteiger partial charge in [-0.25, -0.2) is 9.59 Å². The Morgan fingerprint density at radius 2 is 1.36 bits per heavy atom. The van der Waals surface area contributed by atoms with E-state index in [2.05, 4.69) is 25.5 Å². The number of methoxy groups -OCH3 is 1. The summed E-state index contributed by atoms with van der Waals surface area (Å²) in [5, 5.41) is 0. The van der Waals surface area contributed by atoms with Crippen molar-refractivity contribution in [3.8, 4) is 23.0 Å².